The Morgan fingerprint density at radius 1 is 0.938 bits per heavy atom. The number of rotatable bonds is 10. The standard InChI is InChI=1S/C26H29N3O2S/c1-3-16-28(26(31)27-23-14-12-21(4-2)13-15-23)20-25(30)29(19-24-11-8-17-32-24)18-22-9-6-5-7-10-22/h3,5-15,17H,1,4,16,18-20H2,2H3,(H,27,31). The number of hydrogen-bond acceptors (Lipinski definition) is 3. The molecule has 6 heteroatoms. The molecule has 1 heterocycles. The van der Waals surface area contributed by atoms with E-state index in [1.165, 1.54) is 10.5 Å². The lowest BCUT2D eigenvalue weighted by atomic mass is 10.1. The molecule has 166 valence electrons. The lowest BCUT2D eigenvalue weighted by Gasteiger charge is -2.27. The normalized spacial score (nSPS) is 10.4. The minimum absolute atomic E-state index is 0.0247. The number of carbonyl (C=O) groups is 2. The second-order valence-electron chi connectivity index (χ2n) is 7.46. The number of amides is 3. The molecule has 3 aromatic rings. The van der Waals surface area contributed by atoms with E-state index >= 15 is 0 Å². The highest BCUT2D eigenvalue weighted by Gasteiger charge is 2.21. The monoisotopic (exact) mass is 447 g/mol. The van der Waals surface area contributed by atoms with Gasteiger partial charge < -0.3 is 15.1 Å². The topological polar surface area (TPSA) is 52.7 Å². The number of nitrogens with one attached hydrogen (secondary N) is 1. The van der Waals surface area contributed by atoms with Crippen molar-refractivity contribution in [2.75, 3.05) is 18.4 Å². The molecule has 0 radical (unpaired) electrons. The lowest BCUT2D eigenvalue weighted by Crippen LogP contribution is -2.44. The van der Waals surface area contributed by atoms with E-state index in [-0.39, 0.29) is 25.0 Å². The zero-order chi connectivity index (χ0) is 22.8. The minimum atomic E-state index is -0.321. The Kier molecular flexibility index (Phi) is 8.63. The molecule has 0 saturated heterocycles. The predicted octanol–water partition coefficient (Wildman–Crippen LogP) is 5.56. The molecule has 0 unspecified atom stereocenters. The number of nitrogens with zero attached hydrogens (tertiary/aromatic N) is 2. The van der Waals surface area contributed by atoms with Gasteiger partial charge in [0, 0.05) is 23.7 Å². The lowest BCUT2D eigenvalue weighted by molar-refractivity contribution is -0.132. The van der Waals surface area contributed by atoms with Gasteiger partial charge in [-0.1, -0.05) is 61.5 Å². The number of aryl methyl sites for hydroxylation is 1. The molecule has 0 aliphatic rings. The molecular weight excluding hydrogens is 418 g/mol. The summed E-state index contributed by atoms with van der Waals surface area (Å²) in [5.41, 5.74) is 2.95. The molecular formula is C26H29N3O2S. The van der Waals surface area contributed by atoms with E-state index in [4.69, 9.17) is 0 Å². The van der Waals surface area contributed by atoms with Crippen molar-refractivity contribution in [1.29, 1.82) is 0 Å². The maximum Gasteiger partial charge on any atom is 0.322 e. The van der Waals surface area contributed by atoms with Crippen molar-refractivity contribution in [3.8, 4) is 0 Å². The van der Waals surface area contributed by atoms with Crippen molar-refractivity contribution in [1.82, 2.24) is 9.80 Å². The Hall–Kier alpha value is -3.38. The van der Waals surface area contributed by atoms with Crippen LogP contribution in [0.5, 0.6) is 0 Å². The summed E-state index contributed by atoms with van der Waals surface area (Å²) in [6, 6.07) is 21.3. The van der Waals surface area contributed by atoms with E-state index in [1.54, 1.807) is 22.3 Å². The molecule has 0 aliphatic heterocycles. The minimum Gasteiger partial charge on any atom is -0.332 e. The van der Waals surface area contributed by atoms with Crippen LogP contribution in [-0.4, -0.2) is 34.8 Å². The summed E-state index contributed by atoms with van der Waals surface area (Å²) in [7, 11) is 0. The summed E-state index contributed by atoms with van der Waals surface area (Å²) in [6.07, 6.45) is 2.57. The fraction of sp³-hybridized carbons (Fsp3) is 0.231. The molecule has 3 rings (SSSR count). The van der Waals surface area contributed by atoms with Crippen LogP contribution in [0, 0.1) is 0 Å². The molecule has 0 atom stereocenters. The van der Waals surface area contributed by atoms with Gasteiger partial charge in [-0.3, -0.25) is 4.79 Å². The summed E-state index contributed by atoms with van der Waals surface area (Å²) < 4.78 is 0. The quantitative estimate of drug-likeness (QED) is 0.414. The van der Waals surface area contributed by atoms with Gasteiger partial charge in [0.25, 0.3) is 0 Å². The van der Waals surface area contributed by atoms with Crippen LogP contribution in [0.3, 0.4) is 0 Å². The van der Waals surface area contributed by atoms with Gasteiger partial charge >= 0.3 is 6.03 Å². The van der Waals surface area contributed by atoms with Crippen LogP contribution in [0.1, 0.15) is 22.9 Å². The summed E-state index contributed by atoms with van der Waals surface area (Å²) in [5, 5.41) is 4.89. The Bertz CT molecular complexity index is 1000. The van der Waals surface area contributed by atoms with Gasteiger partial charge in [-0.25, -0.2) is 4.79 Å². The van der Waals surface area contributed by atoms with Crippen LogP contribution >= 0.6 is 11.3 Å². The van der Waals surface area contributed by atoms with Crippen LogP contribution in [0.4, 0.5) is 10.5 Å². The zero-order valence-corrected chi connectivity index (χ0v) is 19.2. The van der Waals surface area contributed by atoms with E-state index in [0.29, 0.717) is 18.8 Å². The third-order valence-electron chi connectivity index (χ3n) is 5.07. The van der Waals surface area contributed by atoms with E-state index in [9.17, 15) is 9.59 Å². The highest BCUT2D eigenvalue weighted by molar-refractivity contribution is 7.09. The molecule has 0 aliphatic carbocycles. The maximum atomic E-state index is 13.3. The van der Waals surface area contributed by atoms with Gasteiger partial charge in [-0.05, 0) is 41.1 Å². The molecule has 1 N–H and O–H groups in total. The average molecular weight is 448 g/mol. The third kappa shape index (κ3) is 6.82. The van der Waals surface area contributed by atoms with Crippen molar-refractivity contribution in [3.63, 3.8) is 0 Å². The van der Waals surface area contributed by atoms with E-state index in [2.05, 4.69) is 18.8 Å². The number of carbonyl (C=O) groups excluding carboxylic acids is 2. The molecule has 0 fully saturated rings. The van der Waals surface area contributed by atoms with Crippen molar-refractivity contribution in [3.05, 3.63) is 101 Å². The van der Waals surface area contributed by atoms with E-state index in [0.717, 1.165) is 16.9 Å². The molecule has 0 spiro atoms. The summed E-state index contributed by atoms with van der Waals surface area (Å²) >= 11 is 1.62. The average Bonchev–Trinajstić information content (AvgIpc) is 3.32. The number of urea groups is 1. The van der Waals surface area contributed by atoms with Crippen LogP contribution in [0.2, 0.25) is 0 Å². The molecule has 0 saturated carbocycles. The maximum absolute atomic E-state index is 13.3. The summed E-state index contributed by atoms with van der Waals surface area (Å²) in [4.78, 5) is 30.5. The number of benzene rings is 2. The van der Waals surface area contributed by atoms with E-state index in [1.807, 2.05) is 72.1 Å². The zero-order valence-electron chi connectivity index (χ0n) is 18.4. The Balaban J connectivity index is 1.70. The molecule has 32 heavy (non-hydrogen) atoms. The first-order valence-electron chi connectivity index (χ1n) is 10.7. The van der Waals surface area contributed by atoms with Crippen LogP contribution < -0.4 is 5.32 Å². The Morgan fingerprint density at radius 3 is 2.31 bits per heavy atom. The predicted molar refractivity (Wildman–Crippen MR) is 132 cm³/mol. The summed E-state index contributed by atoms with van der Waals surface area (Å²) in [5.74, 6) is -0.111. The first kappa shape index (κ1) is 23.3. The van der Waals surface area contributed by atoms with Gasteiger partial charge in [0.2, 0.25) is 5.91 Å². The number of anilines is 1. The number of thiophene rings is 1. The van der Waals surface area contributed by atoms with E-state index < -0.39 is 0 Å². The largest absolute Gasteiger partial charge is 0.332 e. The van der Waals surface area contributed by atoms with Gasteiger partial charge in [-0.2, -0.15) is 0 Å². The highest BCUT2D eigenvalue weighted by atomic mass is 32.1. The number of hydrogen-bond donors (Lipinski definition) is 1. The van der Waals surface area contributed by atoms with Crippen LogP contribution in [0.25, 0.3) is 0 Å². The first-order valence-corrected chi connectivity index (χ1v) is 11.6. The van der Waals surface area contributed by atoms with Crippen LogP contribution in [-0.2, 0) is 24.3 Å². The Morgan fingerprint density at radius 2 is 1.69 bits per heavy atom. The SMILES string of the molecule is C=CCN(CC(=O)N(Cc1ccccc1)Cc1cccs1)C(=O)Nc1ccc(CC)cc1. The molecule has 5 nitrogen and oxygen atoms in total. The molecule has 3 amide bonds. The van der Waals surface area contributed by atoms with Crippen molar-refractivity contribution >= 4 is 29.0 Å². The molecule has 0 bridgehead atoms. The molecule has 1 aromatic heterocycles. The van der Waals surface area contributed by atoms with Gasteiger partial charge in [0.15, 0.2) is 0 Å². The smallest absolute Gasteiger partial charge is 0.322 e. The Labute approximate surface area is 194 Å². The molecule has 2 aromatic carbocycles. The second kappa shape index (κ2) is 11.9. The highest BCUT2D eigenvalue weighted by Crippen LogP contribution is 2.16. The third-order valence-corrected chi connectivity index (χ3v) is 5.93. The second-order valence-corrected chi connectivity index (χ2v) is 8.50. The summed E-state index contributed by atoms with van der Waals surface area (Å²) in [6.45, 7) is 7.08. The first-order chi connectivity index (χ1) is 15.6. The fourth-order valence-corrected chi connectivity index (χ4v) is 4.01. The van der Waals surface area contributed by atoms with Crippen molar-refractivity contribution in [2.24, 2.45) is 0 Å². The van der Waals surface area contributed by atoms with Crippen molar-refractivity contribution in [2.45, 2.75) is 26.4 Å². The van der Waals surface area contributed by atoms with Crippen molar-refractivity contribution < 1.29 is 9.59 Å². The van der Waals surface area contributed by atoms with Gasteiger partial charge in [0.05, 0.1) is 6.54 Å². The van der Waals surface area contributed by atoms with Crippen LogP contribution in [0.15, 0.2) is 84.8 Å². The van der Waals surface area contributed by atoms with Gasteiger partial charge in [-0.15, -0.1) is 17.9 Å². The fourth-order valence-electron chi connectivity index (χ4n) is 3.29. The van der Waals surface area contributed by atoms with Gasteiger partial charge in [0.1, 0.15) is 6.54 Å².